The van der Waals surface area contributed by atoms with Crippen LogP contribution in [0.4, 0.5) is 11.5 Å². The molecule has 2 aliphatic heterocycles. The van der Waals surface area contributed by atoms with Crippen LogP contribution in [-0.4, -0.2) is 52.4 Å². The molecule has 148 valence electrons. The Bertz CT molecular complexity index is 1040. The van der Waals surface area contributed by atoms with Crippen molar-refractivity contribution in [3.8, 4) is 5.69 Å². The second-order valence-electron chi connectivity index (χ2n) is 7.32. The summed E-state index contributed by atoms with van der Waals surface area (Å²) < 4.78 is 2.24. The molecule has 0 bridgehead atoms. The lowest BCUT2D eigenvalue weighted by molar-refractivity contribution is -0.128. The van der Waals surface area contributed by atoms with E-state index in [1.807, 2.05) is 17.2 Å². The molecule has 3 aromatic rings. The van der Waals surface area contributed by atoms with Gasteiger partial charge in [-0.05, 0) is 30.3 Å². The topological polar surface area (TPSA) is 53.4 Å². The average molecular weight is 408 g/mol. The highest BCUT2D eigenvalue weighted by atomic mass is 35.5. The predicted octanol–water partition coefficient (Wildman–Crippen LogP) is 3.27. The quantitative estimate of drug-likeness (QED) is 0.677. The molecule has 1 saturated heterocycles. The van der Waals surface area contributed by atoms with Crippen LogP contribution in [0.5, 0.6) is 0 Å². The standard InChI is InChI=1S/C22H22ClN5O/c23-15-20(29)26-11-13-27(14-12-26)22-16(5-3-9-24-22)21-19-8-4-10-28(19)18-7-2-1-6-17(18)25-21/h1-10,21,25H,11-15H2. The van der Waals surface area contributed by atoms with Crippen LogP contribution in [0.3, 0.4) is 0 Å². The molecular formula is C22H22ClN5O. The van der Waals surface area contributed by atoms with Crippen molar-refractivity contribution in [1.82, 2.24) is 14.5 Å². The molecule has 4 heterocycles. The van der Waals surface area contributed by atoms with E-state index in [9.17, 15) is 4.79 Å². The summed E-state index contributed by atoms with van der Waals surface area (Å²) in [7, 11) is 0. The number of alkyl halides is 1. The first-order valence-electron chi connectivity index (χ1n) is 9.83. The number of amides is 1. The molecule has 0 spiro atoms. The number of fused-ring (bicyclic) bond motifs is 3. The van der Waals surface area contributed by atoms with Gasteiger partial charge in [-0.1, -0.05) is 18.2 Å². The number of anilines is 2. The first kappa shape index (κ1) is 18.1. The molecule has 2 aliphatic rings. The Kier molecular flexibility index (Phi) is 4.64. The first-order chi connectivity index (χ1) is 14.3. The number of rotatable bonds is 3. The van der Waals surface area contributed by atoms with Gasteiger partial charge in [-0.15, -0.1) is 11.6 Å². The molecule has 5 rings (SSSR count). The van der Waals surface area contributed by atoms with Crippen molar-refractivity contribution in [3.05, 3.63) is 72.2 Å². The second kappa shape index (κ2) is 7.44. The number of nitrogens with one attached hydrogen (secondary N) is 1. The third kappa shape index (κ3) is 3.13. The lowest BCUT2D eigenvalue weighted by atomic mass is 10.0. The van der Waals surface area contributed by atoms with Crippen molar-refractivity contribution in [2.75, 3.05) is 42.3 Å². The number of para-hydroxylation sites is 2. The van der Waals surface area contributed by atoms with E-state index in [0.717, 1.165) is 35.8 Å². The summed E-state index contributed by atoms with van der Waals surface area (Å²) in [5, 5.41) is 3.70. The Labute approximate surface area is 174 Å². The molecule has 1 N–H and O–H groups in total. The van der Waals surface area contributed by atoms with Gasteiger partial charge in [-0.25, -0.2) is 4.98 Å². The van der Waals surface area contributed by atoms with Crippen LogP contribution in [0.15, 0.2) is 60.9 Å². The van der Waals surface area contributed by atoms with Crippen LogP contribution >= 0.6 is 11.6 Å². The van der Waals surface area contributed by atoms with Crippen LogP contribution in [-0.2, 0) is 4.79 Å². The van der Waals surface area contributed by atoms with E-state index < -0.39 is 0 Å². The number of carbonyl (C=O) groups is 1. The fourth-order valence-corrected chi connectivity index (χ4v) is 4.44. The zero-order valence-corrected chi connectivity index (χ0v) is 16.7. The van der Waals surface area contributed by atoms with Crippen molar-refractivity contribution in [2.45, 2.75) is 6.04 Å². The van der Waals surface area contributed by atoms with E-state index >= 15 is 0 Å². The van der Waals surface area contributed by atoms with Crippen molar-refractivity contribution in [1.29, 1.82) is 0 Å². The number of pyridine rings is 1. The highest BCUT2D eigenvalue weighted by molar-refractivity contribution is 6.27. The molecule has 1 amide bonds. The molecule has 1 atom stereocenters. The van der Waals surface area contributed by atoms with Gasteiger partial charge in [0, 0.05) is 49.8 Å². The van der Waals surface area contributed by atoms with Crippen molar-refractivity contribution in [3.63, 3.8) is 0 Å². The predicted molar refractivity (Wildman–Crippen MR) is 115 cm³/mol. The monoisotopic (exact) mass is 407 g/mol. The van der Waals surface area contributed by atoms with Gasteiger partial charge in [0.05, 0.1) is 17.4 Å². The van der Waals surface area contributed by atoms with E-state index in [4.69, 9.17) is 16.6 Å². The normalized spacial score (nSPS) is 18.0. The third-order valence-corrected chi connectivity index (χ3v) is 5.94. The number of piperazine rings is 1. The maximum Gasteiger partial charge on any atom is 0.237 e. The maximum absolute atomic E-state index is 11.9. The van der Waals surface area contributed by atoms with Gasteiger partial charge in [0.25, 0.3) is 0 Å². The zero-order chi connectivity index (χ0) is 19.8. The molecule has 2 aromatic heterocycles. The second-order valence-corrected chi connectivity index (χ2v) is 7.58. The van der Waals surface area contributed by atoms with E-state index in [0.29, 0.717) is 13.1 Å². The van der Waals surface area contributed by atoms with Crippen LogP contribution < -0.4 is 10.2 Å². The summed E-state index contributed by atoms with van der Waals surface area (Å²) in [6.45, 7) is 2.83. The van der Waals surface area contributed by atoms with Crippen LogP contribution in [0.25, 0.3) is 5.69 Å². The molecule has 6 nitrogen and oxygen atoms in total. The van der Waals surface area contributed by atoms with Gasteiger partial charge >= 0.3 is 0 Å². The first-order valence-corrected chi connectivity index (χ1v) is 10.4. The molecule has 29 heavy (non-hydrogen) atoms. The fourth-order valence-electron chi connectivity index (χ4n) is 4.27. The Balaban J connectivity index is 1.48. The van der Waals surface area contributed by atoms with Gasteiger partial charge in [0.2, 0.25) is 5.91 Å². The lowest BCUT2D eigenvalue weighted by Gasteiger charge is -2.37. The van der Waals surface area contributed by atoms with Crippen LogP contribution in [0.1, 0.15) is 17.3 Å². The number of hydrogen-bond donors (Lipinski definition) is 1. The number of benzene rings is 1. The minimum atomic E-state index is -0.00376. The van der Waals surface area contributed by atoms with E-state index in [2.05, 4.69) is 63.4 Å². The molecule has 1 aromatic carbocycles. The van der Waals surface area contributed by atoms with Crippen molar-refractivity contribution < 1.29 is 4.79 Å². The van der Waals surface area contributed by atoms with E-state index in [1.54, 1.807) is 0 Å². The number of nitrogens with zero attached hydrogens (tertiary/aromatic N) is 4. The van der Waals surface area contributed by atoms with Gasteiger partial charge in [-0.3, -0.25) is 4.79 Å². The van der Waals surface area contributed by atoms with E-state index in [-0.39, 0.29) is 17.8 Å². The maximum atomic E-state index is 11.9. The Morgan fingerprint density at radius 3 is 2.72 bits per heavy atom. The Morgan fingerprint density at radius 2 is 1.90 bits per heavy atom. The summed E-state index contributed by atoms with van der Waals surface area (Å²) in [6.07, 6.45) is 3.94. The summed E-state index contributed by atoms with van der Waals surface area (Å²) in [6, 6.07) is 16.7. The van der Waals surface area contributed by atoms with Crippen LogP contribution in [0.2, 0.25) is 0 Å². The summed E-state index contributed by atoms with van der Waals surface area (Å²) in [5.74, 6) is 1.00. The van der Waals surface area contributed by atoms with E-state index in [1.165, 1.54) is 5.69 Å². The number of carbonyl (C=O) groups excluding carboxylic acids is 1. The number of halogens is 1. The molecule has 0 saturated carbocycles. The SMILES string of the molecule is O=C(CCl)N1CCN(c2ncccc2C2Nc3ccccc3-n3cccc32)CC1. The lowest BCUT2D eigenvalue weighted by Crippen LogP contribution is -2.49. The molecular weight excluding hydrogens is 386 g/mol. The van der Waals surface area contributed by atoms with Crippen molar-refractivity contribution in [2.24, 2.45) is 0 Å². The summed E-state index contributed by atoms with van der Waals surface area (Å²) >= 11 is 5.72. The molecule has 1 unspecified atom stereocenters. The zero-order valence-electron chi connectivity index (χ0n) is 16.0. The summed E-state index contributed by atoms with van der Waals surface area (Å²) in [4.78, 5) is 20.7. The largest absolute Gasteiger partial charge is 0.371 e. The molecule has 0 radical (unpaired) electrons. The van der Waals surface area contributed by atoms with Crippen LogP contribution in [0, 0.1) is 0 Å². The minimum Gasteiger partial charge on any atom is -0.371 e. The highest BCUT2D eigenvalue weighted by Crippen LogP contribution is 2.39. The summed E-state index contributed by atoms with van der Waals surface area (Å²) in [5.41, 5.74) is 4.59. The third-order valence-electron chi connectivity index (χ3n) is 5.71. The number of hydrogen-bond acceptors (Lipinski definition) is 4. The smallest absolute Gasteiger partial charge is 0.237 e. The van der Waals surface area contributed by atoms with Gasteiger partial charge in [0.15, 0.2) is 0 Å². The molecule has 1 fully saturated rings. The Hall–Kier alpha value is -2.99. The average Bonchev–Trinajstić information content (AvgIpc) is 3.28. The van der Waals surface area contributed by atoms with Gasteiger partial charge in [-0.2, -0.15) is 0 Å². The molecule has 0 aliphatic carbocycles. The van der Waals surface area contributed by atoms with Crippen molar-refractivity contribution >= 4 is 29.0 Å². The van der Waals surface area contributed by atoms with Gasteiger partial charge < -0.3 is 19.7 Å². The fraction of sp³-hybridized carbons (Fsp3) is 0.273. The minimum absolute atomic E-state index is 0.00376. The number of aromatic nitrogens is 2. The van der Waals surface area contributed by atoms with Gasteiger partial charge in [0.1, 0.15) is 11.7 Å². The Morgan fingerprint density at radius 1 is 1.07 bits per heavy atom. The highest BCUT2D eigenvalue weighted by Gasteiger charge is 2.30. The molecule has 7 heteroatoms.